The van der Waals surface area contributed by atoms with Crippen LogP contribution in [0.5, 0.6) is 11.5 Å². The minimum absolute atomic E-state index is 0.214. The highest BCUT2D eigenvalue weighted by Gasteiger charge is 2.32. The summed E-state index contributed by atoms with van der Waals surface area (Å²) in [5, 5.41) is 27.0. The van der Waals surface area contributed by atoms with Crippen LogP contribution in [0.1, 0.15) is 12.0 Å². The predicted molar refractivity (Wildman–Crippen MR) is 92.9 cm³/mol. The average molecular weight is 381 g/mol. The van der Waals surface area contributed by atoms with E-state index in [1.807, 2.05) is 0 Å². The van der Waals surface area contributed by atoms with Gasteiger partial charge in [0.05, 0.1) is 19.7 Å². The summed E-state index contributed by atoms with van der Waals surface area (Å²) >= 11 is 0.996. The number of ether oxygens (including phenoxy) is 2. The second-order valence-corrected chi connectivity index (χ2v) is 6.13. The van der Waals surface area contributed by atoms with E-state index in [1.54, 1.807) is 12.1 Å². The topological polar surface area (TPSA) is 147 Å². The standard InChI is InChI=1S/C15H15N3O7S/c1-24-10-4-8(2-3-9(10)25-7-13(21)22)6-16-18-15-17-14(23)11(26-15)5-12(19)20/h2-4,6,11H,5,7H2,1H3,(H,19,20)(H,21,22)(H,17,18,23)/b16-6-/t11-/m1/s1. The van der Waals surface area contributed by atoms with Crippen molar-refractivity contribution < 1.29 is 34.1 Å². The van der Waals surface area contributed by atoms with Crippen molar-refractivity contribution in [2.24, 2.45) is 10.2 Å². The summed E-state index contributed by atoms with van der Waals surface area (Å²) in [4.78, 5) is 32.8. The summed E-state index contributed by atoms with van der Waals surface area (Å²) in [6.45, 7) is -0.494. The molecule has 0 aromatic heterocycles. The van der Waals surface area contributed by atoms with Gasteiger partial charge in [0, 0.05) is 0 Å². The number of nitrogens with one attached hydrogen (secondary N) is 1. The van der Waals surface area contributed by atoms with E-state index in [9.17, 15) is 14.4 Å². The number of amidine groups is 1. The molecule has 138 valence electrons. The number of hydrogen-bond donors (Lipinski definition) is 3. The number of carboxylic acids is 2. The highest BCUT2D eigenvalue weighted by atomic mass is 32.2. The van der Waals surface area contributed by atoms with Crippen molar-refractivity contribution in [1.29, 1.82) is 0 Å². The molecule has 26 heavy (non-hydrogen) atoms. The van der Waals surface area contributed by atoms with E-state index in [0.717, 1.165) is 11.8 Å². The number of amides is 1. The van der Waals surface area contributed by atoms with Gasteiger partial charge in [0.25, 0.3) is 0 Å². The van der Waals surface area contributed by atoms with E-state index >= 15 is 0 Å². The molecule has 1 aromatic rings. The molecule has 0 bridgehead atoms. The lowest BCUT2D eigenvalue weighted by atomic mass is 10.2. The summed E-state index contributed by atoms with van der Waals surface area (Å²) in [5.74, 6) is -2.00. The van der Waals surface area contributed by atoms with Crippen LogP contribution in [-0.4, -0.2) is 58.4 Å². The Morgan fingerprint density at radius 2 is 2.08 bits per heavy atom. The van der Waals surface area contributed by atoms with Gasteiger partial charge in [-0.05, 0) is 23.8 Å². The molecule has 1 atom stereocenters. The van der Waals surface area contributed by atoms with Crippen LogP contribution in [0.3, 0.4) is 0 Å². The van der Waals surface area contributed by atoms with Crippen molar-refractivity contribution in [2.75, 3.05) is 13.7 Å². The van der Waals surface area contributed by atoms with Gasteiger partial charge >= 0.3 is 11.9 Å². The highest BCUT2D eigenvalue weighted by molar-refractivity contribution is 8.15. The lowest BCUT2D eigenvalue weighted by Crippen LogP contribution is -2.26. The molecule has 1 aliphatic heterocycles. The van der Waals surface area contributed by atoms with Gasteiger partial charge in [0.2, 0.25) is 5.91 Å². The Morgan fingerprint density at radius 1 is 1.31 bits per heavy atom. The Labute approximate surface area is 151 Å². The maximum Gasteiger partial charge on any atom is 0.341 e. The van der Waals surface area contributed by atoms with Crippen molar-refractivity contribution >= 4 is 41.0 Å². The normalized spacial score (nSPS) is 18.1. The van der Waals surface area contributed by atoms with Crippen LogP contribution >= 0.6 is 11.8 Å². The SMILES string of the molecule is COc1cc(/C=N\N=C2\NC(=O)[C@@H](CC(=O)O)S2)ccc1OCC(=O)O. The third kappa shape index (κ3) is 5.48. The summed E-state index contributed by atoms with van der Waals surface area (Å²) in [7, 11) is 1.41. The van der Waals surface area contributed by atoms with Crippen molar-refractivity contribution in [1.82, 2.24) is 5.32 Å². The smallest absolute Gasteiger partial charge is 0.341 e. The lowest BCUT2D eigenvalue weighted by molar-refractivity contribution is -0.139. The fourth-order valence-electron chi connectivity index (χ4n) is 1.92. The first kappa shape index (κ1) is 19.2. The van der Waals surface area contributed by atoms with Crippen LogP contribution in [0.15, 0.2) is 28.4 Å². The van der Waals surface area contributed by atoms with Gasteiger partial charge in [0.15, 0.2) is 23.3 Å². The summed E-state index contributed by atoms with van der Waals surface area (Å²) < 4.78 is 10.2. The lowest BCUT2D eigenvalue weighted by Gasteiger charge is -2.09. The molecule has 0 radical (unpaired) electrons. The number of rotatable bonds is 8. The van der Waals surface area contributed by atoms with Crippen LogP contribution in [-0.2, 0) is 14.4 Å². The molecule has 0 unspecified atom stereocenters. The quantitative estimate of drug-likeness (QED) is 0.437. The number of nitrogens with zero attached hydrogens (tertiary/aromatic N) is 2. The molecule has 1 aromatic carbocycles. The molecule has 10 nitrogen and oxygen atoms in total. The van der Waals surface area contributed by atoms with Gasteiger partial charge < -0.3 is 25.0 Å². The largest absolute Gasteiger partial charge is 0.493 e. The van der Waals surface area contributed by atoms with Crippen LogP contribution in [0.4, 0.5) is 0 Å². The zero-order valence-corrected chi connectivity index (χ0v) is 14.4. The van der Waals surface area contributed by atoms with Gasteiger partial charge in [-0.1, -0.05) is 11.8 Å². The Hall–Kier alpha value is -3.08. The first-order valence-electron chi connectivity index (χ1n) is 7.22. The average Bonchev–Trinajstić information content (AvgIpc) is 2.92. The van der Waals surface area contributed by atoms with E-state index in [2.05, 4.69) is 15.5 Å². The maximum absolute atomic E-state index is 11.6. The summed E-state index contributed by atoms with van der Waals surface area (Å²) in [5.41, 5.74) is 0.602. The number of hydrogen-bond acceptors (Lipinski definition) is 8. The second kappa shape index (κ2) is 8.85. The van der Waals surface area contributed by atoms with Crippen LogP contribution in [0, 0.1) is 0 Å². The Balaban J connectivity index is 2.03. The van der Waals surface area contributed by atoms with E-state index in [0.29, 0.717) is 11.3 Å². The zero-order valence-electron chi connectivity index (χ0n) is 13.5. The van der Waals surface area contributed by atoms with Gasteiger partial charge in [-0.15, -0.1) is 5.10 Å². The number of aliphatic carboxylic acids is 2. The molecule has 11 heteroatoms. The first-order chi connectivity index (χ1) is 12.4. The number of carbonyl (C=O) groups excluding carboxylic acids is 1. The molecular weight excluding hydrogens is 366 g/mol. The number of carbonyl (C=O) groups is 3. The van der Waals surface area contributed by atoms with Crippen molar-refractivity contribution in [2.45, 2.75) is 11.7 Å². The van der Waals surface area contributed by atoms with Gasteiger partial charge in [-0.25, -0.2) is 4.79 Å². The first-order valence-corrected chi connectivity index (χ1v) is 8.10. The molecule has 1 aliphatic rings. The highest BCUT2D eigenvalue weighted by Crippen LogP contribution is 2.27. The molecule has 3 N–H and O–H groups in total. The minimum Gasteiger partial charge on any atom is -0.493 e. The Kier molecular flexibility index (Phi) is 6.55. The molecule has 1 amide bonds. The number of methoxy groups -OCH3 is 1. The van der Waals surface area contributed by atoms with E-state index < -0.39 is 29.7 Å². The van der Waals surface area contributed by atoms with Crippen molar-refractivity contribution in [3.05, 3.63) is 23.8 Å². The predicted octanol–water partition coefficient (Wildman–Crippen LogP) is 0.555. The molecule has 1 saturated heterocycles. The minimum atomic E-state index is -1.11. The molecular formula is C15H15N3O7S. The summed E-state index contributed by atoms with van der Waals surface area (Å²) in [6, 6.07) is 4.73. The zero-order chi connectivity index (χ0) is 19.1. The number of carboxylic acid groups (broad SMARTS) is 2. The Morgan fingerprint density at radius 3 is 2.73 bits per heavy atom. The van der Waals surface area contributed by atoms with Gasteiger partial charge in [-0.3, -0.25) is 9.59 Å². The molecule has 0 spiro atoms. The monoisotopic (exact) mass is 381 g/mol. The van der Waals surface area contributed by atoms with Crippen molar-refractivity contribution in [3.63, 3.8) is 0 Å². The molecule has 0 saturated carbocycles. The number of thioether (sulfide) groups is 1. The fraction of sp³-hybridized carbons (Fsp3) is 0.267. The third-order valence-corrected chi connectivity index (χ3v) is 4.10. The summed E-state index contributed by atoms with van der Waals surface area (Å²) in [6.07, 6.45) is 1.10. The van der Waals surface area contributed by atoms with Crippen molar-refractivity contribution in [3.8, 4) is 11.5 Å². The second-order valence-electron chi connectivity index (χ2n) is 4.94. The third-order valence-electron chi connectivity index (χ3n) is 3.03. The fourth-order valence-corrected chi connectivity index (χ4v) is 2.83. The molecule has 1 heterocycles. The molecule has 2 rings (SSSR count). The van der Waals surface area contributed by atoms with Crippen LogP contribution in [0.2, 0.25) is 0 Å². The van der Waals surface area contributed by atoms with Gasteiger partial charge in [-0.2, -0.15) is 5.10 Å². The molecule has 0 aliphatic carbocycles. The van der Waals surface area contributed by atoms with Crippen LogP contribution < -0.4 is 14.8 Å². The van der Waals surface area contributed by atoms with E-state index in [4.69, 9.17) is 19.7 Å². The maximum atomic E-state index is 11.6. The van der Waals surface area contributed by atoms with Gasteiger partial charge in [0.1, 0.15) is 5.25 Å². The van der Waals surface area contributed by atoms with Crippen LogP contribution in [0.25, 0.3) is 0 Å². The number of benzene rings is 1. The Bertz CT molecular complexity index is 779. The van der Waals surface area contributed by atoms with E-state index in [1.165, 1.54) is 19.4 Å². The van der Waals surface area contributed by atoms with E-state index in [-0.39, 0.29) is 17.3 Å². The molecule has 1 fully saturated rings.